The van der Waals surface area contributed by atoms with E-state index in [0.29, 0.717) is 0 Å². The standard InChI is InChI=1S/Al.OSi.3O.Ti/c;1-2;;;;/q+3;+2;3*-2;+4. The minimum Gasteiger partial charge on any atom is -2.00 e. The molecule has 0 aromatic rings. The van der Waals surface area contributed by atoms with Gasteiger partial charge in [-0.15, -0.1) is 0 Å². The van der Waals surface area contributed by atoms with E-state index in [9.17, 15) is 0 Å². The molecule has 0 heterocycles. The summed E-state index contributed by atoms with van der Waals surface area (Å²) in [6, 6.07) is 0. The molecule has 7 heavy (non-hydrogen) atoms. The van der Waals surface area contributed by atoms with Gasteiger partial charge in [-0.05, 0) is 0 Å². The van der Waals surface area contributed by atoms with Crippen molar-refractivity contribution < 1.29 is 42.6 Å². The Kier molecular flexibility index (Phi) is 2660. The second-order valence-electron chi connectivity index (χ2n) is 0. The third-order valence-corrected chi connectivity index (χ3v) is 0. The van der Waals surface area contributed by atoms with Gasteiger partial charge in [-0.2, -0.15) is 0 Å². The van der Waals surface area contributed by atoms with Gasteiger partial charge in [0, 0.05) is 0 Å². The summed E-state index contributed by atoms with van der Waals surface area (Å²) >= 11 is 0. The minimum absolute atomic E-state index is 0. The normalized spacial score (nSPS) is 0.857. The van der Waals surface area contributed by atoms with Crippen LogP contribution in [-0.4, -0.2) is 27.5 Å². The Labute approximate surface area is 70.1 Å². The molecule has 0 bridgehead atoms. The van der Waals surface area contributed by atoms with Crippen molar-refractivity contribution in [3.8, 4) is 0 Å². The van der Waals surface area contributed by atoms with E-state index < -0.39 is 0 Å². The smallest absolute Gasteiger partial charge is 2.00 e. The van der Waals surface area contributed by atoms with Crippen molar-refractivity contribution in [1.29, 1.82) is 0 Å². The van der Waals surface area contributed by atoms with E-state index in [1.165, 1.54) is 0 Å². The minimum atomic E-state index is 0. The predicted molar refractivity (Wildman–Crippen MR) is 14.3 cm³/mol. The van der Waals surface area contributed by atoms with Crippen LogP contribution < -0.4 is 0 Å². The maximum Gasteiger partial charge on any atom is 4.00 e. The van der Waals surface area contributed by atoms with Gasteiger partial charge in [0.2, 0.25) is 0 Å². The molecule has 0 atom stereocenters. The van der Waals surface area contributed by atoms with E-state index in [2.05, 4.69) is 0 Å². The van der Waals surface area contributed by atoms with E-state index in [4.69, 9.17) is 4.46 Å². The Hall–Kier alpha value is 1.14. The van der Waals surface area contributed by atoms with Gasteiger partial charge < -0.3 is 16.4 Å². The predicted octanol–water partition coefficient (Wildman–Crippen LogP) is -1.24. The zero-order valence-corrected chi connectivity index (χ0v) is 6.93. The van der Waals surface area contributed by atoms with Crippen LogP contribution in [0.5, 0.6) is 0 Å². The summed E-state index contributed by atoms with van der Waals surface area (Å²) in [5.74, 6) is 0. The van der Waals surface area contributed by atoms with Crippen molar-refractivity contribution in [3.05, 3.63) is 0 Å². The van der Waals surface area contributed by atoms with Crippen LogP contribution in [0.4, 0.5) is 0 Å². The number of hydrogen-bond acceptors (Lipinski definition) is 1. The summed E-state index contributed by atoms with van der Waals surface area (Å²) in [6.45, 7) is 0. The number of rotatable bonds is 0. The third-order valence-electron chi connectivity index (χ3n) is 0. The van der Waals surface area contributed by atoms with Gasteiger partial charge in [0.05, 0.1) is 0 Å². The molecule has 4 nitrogen and oxygen atoms in total. The molecular weight excluding hydrogens is 167 g/mol. The molecule has 0 aromatic heterocycles. The fourth-order valence-electron chi connectivity index (χ4n) is 0. The van der Waals surface area contributed by atoms with E-state index in [-0.39, 0.29) is 55.5 Å². The van der Waals surface area contributed by atoms with E-state index in [0.717, 1.165) is 0 Å². The first-order chi connectivity index (χ1) is 1.00. The van der Waals surface area contributed by atoms with Gasteiger partial charge >= 0.3 is 53.7 Å². The Bertz CT molecular complexity index is 11.7. The van der Waals surface area contributed by atoms with Crippen molar-refractivity contribution in [1.82, 2.24) is 0 Å². The molecule has 0 aromatic carbocycles. The van der Waals surface area contributed by atoms with Crippen LogP contribution in [-0.2, 0) is 42.6 Å². The van der Waals surface area contributed by atoms with Gasteiger partial charge in [-0.3, -0.25) is 0 Å². The summed E-state index contributed by atoms with van der Waals surface area (Å²) in [7, 11) is 1.72. The van der Waals surface area contributed by atoms with Crippen molar-refractivity contribution >= 4 is 27.5 Å². The van der Waals surface area contributed by atoms with E-state index >= 15 is 0 Å². The number of hydrogen-bond donors (Lipinski definition) is 0. The Morgan fingerprint density at radius 3 is 0.857 bits per heavy atom. The molecule has 0 aliphatic heterocycles. The molecule has 0 radical (unpaired) electrons. The Balaban J connectivity index is -0.000000000500. The van der Waals surface area contributed by atoms with E-state index in [1.54, 1.807) is 10.1 Å². The molecule has 0 aliphatic carbocycles. The van der Waals surface area contributed by atoms with Crippen molar-refractivity contribution in [2.24, 2.45) is 0 Å². The first-order valence-corrected chi connectivity index (χ1v) is 0.612. The van der Waals surface area contributed by atoms with Gasteiger partial charge in [-0.1, -0.05) is 0 Å². The summed E-state index contributed by atoms with van der Waals surface area (Å²) < 4.78 is 8.06. The van der Waals surface area contributed by atoms with Crippen LogP contribution in [0.15, 0.2) is 0 Å². The monoisotopic (exact) mass is 167 g/mol. The SMILES string of the molecule is O=[Si+2].[Al+3].[O-2].[O-2].[O-2].[Ti+4]. The van der Waals surface area contributed by atoms with Gasteiger partial charge in [0.1, 0.15) is 0 Å². The zero-order chi connectivity index (χ0) is 2.00. The van der Waals surface area contributed by atoms with Gasteiger partial charge in [-0.25, -0.2) is 0 Å². The second kappa shape index (κ2) is 206. The average Bonchev–Trinajstić information content (AvgIpc) is 1.00. The maximum atomic E-state index is 8.06. The summed E-state index contributed by atoms with van der Waals surface area (Å²) in [5.41, 5.74) is 0. The van der Waals surface area contributed by atoms with Crippen LogP contribution in [0.25, 0.3) is 0 Å². The fourth-order valence-corrected chi connectivity index (χ4v) is 0. The molecular formula is AlO4SiTi+3. The van der Waals surface area contributed by atoms with Crippen LogP contribution >= 0.6 is 0 Å². The van der Waals surface area contributed by atoms with Crippen LogP contribution in [0.3, 0.4) is 0 Å². The van der Waals surface area contributed by atoms with Crippen molar-refractivity contribution in [2.45, 2.75) is 0 Å². The maximum absolute atomic E-state index is 8.06. The molecule has 0 fully saturated rings. The van der Waals surface area contributed by atoms with Crippen LogP contribution in [0, 0.1) is 0 Å². The van der Waals surface area contributed by atoms with E-state index in [1.807, 2.05) is 0 Å². The summed E-state index contributed by atoms with van der Waals surface area (Å²) in [5, 5.41) is 0. The molecule has 0 rings (SSSR count). The first-order valence-electron chi connectivity index (χ1n) is 0.204. The third kappa shape index (κ3) is 145. The van der Waals surface area contributed by atoms with Gasteiger partial charge in [0.15, 0.2) is 0 Å². The zero-order valence-electron chi connectivity index (χ0n) is 3.21. The van der Waals surface area contributed by atoms with Crippen molar-refractivity contribution in [3.63, 3.8) is 0 Å². The molecule has 0 unspecified atom stereocenters. The molecule has 0 saturated heterocycles. The average molecular weight is 167 g/mol. The molecule has 7 heteroatoms. The summed E-state index contributed by atoms with van der Waals surface area (Å²) in [4.78, 5) is 0. The molecule has 0 amide bonds. The quantitative estimate of drug-likeness (QED) is 0.413. The molecule has 0 saturated carbocycles. The van der Waals surface area contributed by atoms with Crippen LogP contribution in [0.1, 0.15) is 0 Å². The fraction of sp³-hybridized carbons (Fsp3) is 0. The molecule has 0 aliphatic rings. The Morgan fingerprint density at radius 1 is 0.857 bits per heavy atom. The van der Waals surface area contributed by atoms with Crippen LogP contribution in [0.2, 0.25) is 0 Å². The topological polar surface area (TPSA) is 103 Å². The first kappa shape index (κ1) is 90.4. The molecule has 32 valence electrons. The molecule has 0 N–H and O–H groups in total. The summed E-state index contributed by atoms with van der Waals surface area (Å²) in [6.07, 6.45) is 0. The van der Waals surface area contributed by atoms with Gasteiger partial charge in [0.25, 0.3) is 0 Å². The Morgan fingerprint density at radius 2 is 0.857 bits per heavy atom. The van der Waals surface area contributed by atoms with Crippen molar-refractivity contribution in [2.75, 3.05) is 0 Å². The molecule has 0 spiro atoms. The largest absolute Gasteiger partial charge is 4.00 e. The second-order valence-corrected chi connectivity index (χ2v) is 0.